The number of hydrazine groups is 1. The van der Waals surface area contributed by atoms with Crippen LogP contribution in [0.1, 0.15) is 13.8 Å². The standard InChI is InChI=1S/C8H11Cl2N5O/c1-4(2)13-8(16)15-14-7-5(9)6(10)11-3-12-7/h3-4H,1-2H3,(H,11,12,14)(H2,13,15,16). The summed E-state index contributed by atoms with van der Waals surface area (Å²) in [5.41, 5.74) is 4.89. The molecule has 0 aromatic carbocycles. The molecule has 16 heavy (non-hydrogen) atoms. The highest BCUT2D eigenvalue weighted by Gasteiger charge is 2.08. The Morgan fingerprint density at radius 3 is 2.69 bits per heavy atom. The van der Waals surface area contributed by atoms with Gasteiger partial charge < -0.3 is 5.32 Å². The Hall–Kier alpha value is -1.27. The van der Waals surface area contributed by atoms with Crippen molar-refractivity contribution in [3.8, 4) is 0 Å². The van der Waals surface area contributed by atoms with Crippen LogP contribution in [0.15, 0.2) is 6.33 Å². The Morgan fingerprint density at radius 2 is 2.06 bits per heavy atom. The number of urea groups is 1. The highest BCUT2D eigenvalue weighted by atomic mass is 35.5. The minimum atomic E-state index is -0.388. The number of anilines is 1. The number of hydrogen-bond acceptors (Lipinski definition) is 4. The van der Waals surface area contributed by atoms with E-state index in [2.05, 4.69) is 26.1 Å². The molecule has 1 aromatic heterocycles. The first-order valence-corrected chi connectivity index (χ1v) is 5.25. The number of carbonyl (C=O) groups excluding carboxylic acids is 1. The summed E-state index contributed by atoms with van der Waals surface area (Å²) in [5.74, 6) is 0.237. The van der Waals surface area contributed by atoms with Crippen molar-refractivity contribution in [3.63, 3.8) is 0 Å². The first-order chi connectivity index (χ1) is 7.50. The summed E-state index contributed by atoms with van der Waals surface area (Å²) in [4.78, 5) is 18.7. The van der Waals surface area contributed by atoms with Crippen LogP contribution in [0, 0.1) is 0 Å². The number of nitrogens with zero attached hydrogens (tertiary/aromatic N) is 2. The van der Waals surface area contributed by atoms with E-state index in [0.717, 1.165) is 0 Å². The third-order valence-corrected chi connectivity index (χ3v) is 2.20. The van der Waals surface area contributed by atoms with Crippen molar-refractivity contribution < 1.29 is 4.79 Å². The van der Waals surface area contributed by atoms with E-state index < -0.39 is 0 Å². The second kappa shape index (κ2) is 5.72. The highest BCUT2D eigenvalue weighted by Crippen LogP contribution is 2.24. The Balaban J connectivity index is 2.55. The molecule has 0 radical (unpaired) electrons. The summed E-state index contributed by atoms with van der Waals surface area (Å²) in [6, 6.07) is -0.355. The van der Waals surface area contributed by atoms with E-state index in [-0.39, 0.29) is 28.1 Å². The fraction of sp³-hybridized carbons (Fsp3) is 0.375. The fourth-order valence-electron chi connectivity index (χ4n) is 0.850. The molecule has 6 nitrogen and oxygen atoms in total. The number of hydrogen-bond donors (Lipinski definition) is 3. The van der Waals surface area contributed by atoms with Gasteiger partial charge in [0.2, 0.25) is 0 Å². The van der Waals surface area contributed by atoms with Crippen LogP contribution >= 0.6 is 23.2 Å². The van der Waals surface area contributed by atoms with Gasteiger partial charge in [-0.05, 0) is 13.8 Å². The highest BCUT2D eigenvalue weighted by molar-refractivity contribution is 6.42. The SMILES string of the molecule is CC(C)NC(=O)NNc1ncnc(Cl)c1Cl. The number of carbonyl (C=O) groups is 1. The molecule has 0 aliphatic rings. The maximum Gasteiger partial charge on any atom is 0.333 e. The van der Waals surface area contributed by atoms with Crippen LogP contribution in [0.2, 0.25) is 10.2 Å². The van der Waals surface area contributed by atoms with Gasteiger partial charge in [0.1, 0.15) is 11.3 Å². The first-order valence-electron chi connectivity index (χ1n) is 4.49. The molecular formula is C8H11Cl2N5O. The van der Waals surface area contributed by atoms with E-state index >= 15 is 0 Å². The van der Waals surface area contributed by atoms with Gasteiger partial charge in [-0.3, -0.25) is 10.9 Å². The van der Waals surface area contributed by atoms with Crippen molar-refractivity contribution in [1.29, 1.82) is 0 Å². The molecule has 0 saturated carbocycles. The van der Waals surface area contributed by atoms with Crippen molar-refractivity contribution >= 4 is 35.1 Å². The molecule has 0 unspecified atom stereocenters. The molecule has 0 aliphatic carbocycles. The van der Waals surface area contributed by atoms with Crippen molar-refractivity contribution in [2.45, 2.75) is 19.9 Å². The molecule has 1 rings (SSSR count). The van der Waals surface area contributed by atoms with Crippen LogP contribution in [0.3, 0.4) is 0 Å². The number of amides is 2. The molecule has 3 N–H and O–H groups in total. The summed E-state index contributed by atoms with van der Waals surface area (Å²) < 4.78 is 0. The maximum absolute atomic E-state index is 11.2. The summed E-state index contributed by atoms with van der Waals surface area (Å²) in [6.07, 6.45) is 1.23. The van der Waals surface area contributed by atoms with E-state index in [0.29, 0.717) is 0 Å². The maximum atomic E-state index is 11.2. The number of rotatable bonds is 3. The van der Waals surface area contributed by atoms with Crippen LogP contribution in [0.25, 0.3) is 0 Å². The van der Waals surface area contributed by atoms with Crippen LogP contribution in [-0.2, 0) is 0 Å². The lowest BCUT2D eigenvalue weighted by atomic mass is 10.4. The van der Waals surface area contributed by atoms with Gasteiger partial charge in [-0.1, -0.05) is 23.2 Å². The Bertz CT molecular complexity index is 385. The zero-order valence-corrected chi connectivity index (χ0v) is 10.2. The fourth-order valence-corrected chi connectivity index (χ4v) is 1.13. The third kappa shape index (κ3) is 3.71. The summed E-state index contributed by atoms with van der Waals surface area (Å²) in [7, 11) is 0. The summed E-state index contributed by atoms with van der Waals surface area (Å²) in [6.45, 7) is 3.68. The Labute approximate surface area is 103 Å². The largest absolute Gasteiger partial charge is 0.335 e. The van der Waals surface area contributed by atoms with Crippen molar-refractivity contribution in [2.24, 2.45) is 0 Å². The second-order valence-electron chi connectivity index (χ2n) is 3.21. The van der Waals surface area contributed by atoms with Crippen molar-refractivity contribution in [1.82, 2.24) is 20.7 Å². The van der Waals surface area contributed by atoms with Crippen LogP contribution in [-0.4, -0.2) is 22.0 Å². The third-order valence-electron chi connectivity index (χ3n) is 1.46. The van der Waals surface area contributed by atoms with Gasteiger partial charge in [0.25, 0.3) is 0 Å². The van der Waals surface area contributed by atoms with Crippen molar-refractivity contribution in [3.05, 3.63) is 16.5 Å². The minimum Gasteiger partial charge on any atom is -0.335 e. The van der Waals surface area contributed by atoms with Gasteiger partial charge in [-0.2, -0.15) is 0 Å². The molecule has 88 valence electrons. The van der Waals surface area contributed by atoms with Crippen LogP contribution in [0.5, 0.6) is 0 Å². The Kier molecular flexibility index (Phi) is 4.57. The second-order valence-corrected chi connectivity index (χ2v) is 3.94. The zero-order valence-electron chi connectivity index (χ0n) is 8.71. The van der Waals surface area contributed by atoms with Crippen LogP contribution in [0.4, 0.5) is 10.6 Å². The van der Waals surface area contributed by atoms with E-state index in [1.807, 2.05) is 13.8 Å². The monoisotopic (exact) mass is 263 g/mol. The molecule has 0 saturated heterocycles. The van der Waals surface area contributed by atoms with E-state index in [4.69, 9.17) is 23.2 Å². The molecule has 1 heterocycles. The zero-order chi connectivity index (χ0) is 12.1. The first kappa shape index (κ1) is 12.8. The van der Waals surface area contributed by atoms with E-state index in [1.54, 1.807) is 0 Å². The molecule has 0 bridgehead atoms. The molecule has 0 atom stereocenters. The molecular weight excluding hydrogens is 253 g/mol. The molecule has 1 aromatic rings. The van der Waals surface area contributed by atoms with E-state index in [9.17, 15) is 4.79 Å². The van der Waals surface area contributed by atoms with Gasteiger partial charge in [0.05, 0.1) is 0 Å². The van der Waals surface area contributed by atoms with Crippen LogP contribution < -0.4 is 16.2 Å². The summed E-state index contributed by atoms with van der Waals surface area (Å²) >= 11 is 11.5. The molecule has 0 fully saturated rings. The van der Waals surface area contributed by atoms with Gasteiger partial charge in [-0.25, -0.2) is 14.8 Å². The average molecular weight is 264 g/mol. The average Bonchev–Trinajstić information content (AvgIpc) is 2.19. The smallest absolute Gasteiger partial charge is 0.333 e. The topological polar surface area (TPSA) is 78.9 Å². The molecule has 0 aliphatic heterocycles. The van der Waals surface area contributed by atoms with Gasteiger partial charge in [0.15, 0.2) is 11.0 Å². The van der Waals surface area contributed by atoms with Crippen molar-refractivity contribution in [2.75, 3.05) is 5.43 Å². The van der Waals surface area contributed by atoms with Gasteiger partial charge in [-0.15, -0.1) is 0 Å². The lowest BCUT2D eigenvalue weighted by Crippen LogP contribution is -2.42. The summed E-state index contributed by atoms with van der Waals surface area (Å²) in [5, 5.41) is 2.88. The predicted octanol–water partition coefficient (Wildman–Crippen LogP) is 1.82. The number of aromatic nitrogens is 2. The number of halogens is 2. The molecule has 8 heteroatoms. The lowest BCUT2D eigenvalue weighted by Gasteiger charge is -2.12. The molecule has 0 spiro atoms. The minimum absolute atomic E-state index is 0.0336. The Morgan fingerprint density at radius 1 is 1.38 bits per heavy atom. The predicted molar refractivity (Wildman–Crippen MR) is 62.5 cm³/mol. The van der Waals surface area contributed by atoms with Gasteiger partial charge >= 0.3 is 6.03 Å². The lowest BCUT2D eigenvalue weighted by molar-refractivity contribution is 0.240. The normalized spacial score (nSPS) is 10.1. The van der Waals surface area contributed by atoms with Gasteiger partial charge in [0, 0.05) is 6.04 Å². The molecule has 2 amide bonds. The number of nitrogens with one attached hydrogen (secondary N) is 3. The van der Waals surface area contributed by atoms with E-state index in [1.165, 1.54) is 6.33 Å². The quantitative estimate of drug-likeness (QED) is 0.574.